The monoisotopic (exact) mass is 322 g/mol. The Kier molecular flexibility index (Phi) is 3.56. The Hall–Kier alpha value is -3.10. The molecule has 2 nitrogen and oxygen atoms in total. The molecule has 3 aliphatic rings. The van der Waals surface area contributed by atoms with E-state index in [1.54, 1.807) is 0 Å². The number of hydrogen-bond acceptors (Lipinski definition) is 2. The van der Waals surface area contributed by atoms with Crippen LogP contribution in [0.3, 0.4) is 0 Å². The van der Waals surface area contributed by atoms with Crippen LogP contribution in [0.2, 0.25) is 0 Å². The Labute approximate surface area is 148 Å². The van der Waals surface area contributed by atoms with E-state index in [0.717, 1.165) is 5.57 Å². The Morgan fingerprint density at radius 2 is 1.76 bits per heavy atom. The molecular formula is C23H18N2. The van der Waals surface area contributed by atoms with Crippen LogP contribution in [-0.4, -0.2) is 0 Å². The van der Waals surface area contributed by atoms with Crippen molar-refractivity contribution in [2.45, 2.75) is 6.92 Å². The molecule has 0 N–H and O–H groups in total. The van der Waals surface area contributed by atoms with Crippen molar-refractivity contribution in [1.82, 2.24) is 0 Å². The maximum absolute atomic E-state index is 9.92. The molecule has 25 heavy (non-hydrogen) atoms. The minimum Gasteiger partial charge on any atom is -0.196 e. The van der Waals surface area contributed by atoms with Crippen molar-refractivity contribution in [1.29, 1.82) is 10.5 Å². The molecule has 1 fully saturated rings. The highest BCUT2D eigenvalue weighted by Crippen LogP contribution is 2.60. The first kappa shape index (κ1) is 15.4. The van der Waals surface area contributed by atoms with Gasteiger partial charge in [0.05, 0.1) is 12.1 Å². The van der Waals surface area contributed by atoms with Crippen molar-refractivity contribution < 1.29 is 0 Å². The van der Waals surface area contributed by atoms with Gasteiger partial charge in [-0.05, 0) is 29.2 Å². The van der Waals surface area contributed by atoms with Crippen molar-refractivity contribution in [2.75, 3.05) is 0 Å². The Balaban J connectivity index is 1.91. The molecule has 120 valence electrons. The topological polar surface area (TPSA) is 47.6 Å². The summed E-state index contributed by atoms with van der Waals surface area (Å²) in [4.78, 5) is 0. The molecule has 0 amide bonds. The first-order valence-electron chi connectivity index (χ1n) is 8.55. The van der Waals surface area contributed by atoms with Gasteiger partial charge in [0.25, 0.3) is 0 Å². The van der Waals surface area contributed by atoms with Gasteiger partial charge in [-0.3, -0.25) is 0 Å². The predicted octanol–water partition coefficient (Wildman–Crippen LogP) is 4.98. The molecule has 2 heteroatoms. The quantitative estimate of drug-likeness (QED) is 0.732. The molecule has 1 aromatic carbocycles. The molecule has 0 radical (unpaired) electrons. The van der Waals surface area contributed by atoms with Crippen LogP contribution in [0.1, 0.15) is 12.5 Å². The van der Waals surface area contributed by atoms with Gasteiger partial charge in [-0.1, -0.05) is 72.9 Å². The molecule has 0 unspecified atom stereocenters. The molecule has 0 spiro atoms. The van der Waals surface area contributed by atoms with Crippen molar-refractivity contribution >= 4 is 5.57 Å². The van der Waals surface area contributed by atoms with Crippen LogP contribution in [0.5, 0.6) is 0 Å². The Bertz CT molecular complexity index is 928. The molecule has 4 rings (SSSR count). The molecule has 0 aromatic heterocycles. The highest BCUT2D eigenvalue weighted by molar-refractivity contribution is 5.72. The van der Waals surface area contributed by atoms with Crippen LogP contribution in [0.25, 0.3) is 5.57 Å². The van der Waals surface area contributed by atoms with Crippen molar-refractivity contribution in [3.63, 3.8) is 0 Å². The van der Waals surface area contributed by atoms with Gasteiger partial charge >= 0.3 is 0 Å². The first-order valence-corrected chi connectivity index (χ1v) is 8.55. The average Bonchev–Trinajstić information content (AvgIpc) is 3.09. The second-order valence-corrected chi connectivity index (χ2v) is 6.81. The van der Waals surface area contributed by atoms with Gasteiger partial charge in [0.2, 0.25) is 0 Å². The third-order valence-corrected chi connectivity index (χ3v) is 5.74. The molecule has 3 aliphatic carbocycles. The van der Waals surface area contributed by atoms with Crippen LogP contribution < -0.4 is 0 Å². The van der Waals surface area contributed by atoms with Crippen LogP contribution >= 0.6 is 0 Å². The molecular weight excluding hydrogens is 304 g/mol. The van der Waals surface area contributed by atoms with Gasteiger partial charge in [-0.25, -0.2) is 0 Å². The van der Waals surface area contributed by atoms with Crippen molar-refractivity contribution in [3.05, 3.63) is 89.6 Å². The number of hydrogen-bond donors (Lipinski definition) is 0. The van der Waals surface area contributed by atoms with Crippen LogP contribution in [0.4, 0.5) is 0 Å². The molecule has 1 aromatic rings. The maximum Gasteiger partial charge on any atom is 0.172 e. The van der Waals surface area contributed by atoms with E-state index in [4.69, 9.17) is 0 Å². The molecule has 0 bridgehead atoms. The maximum atomic E-state index is 9.92. The summed E-state index contributed by atoms with van der Waals surface area (Å²) in [6, 6.07) is 15.0. The minimum absolute atomic E-state index is 0.0861. The lowest BCUT2D eigenvalue weighted by Crippen LogP contribution is -2.23. The summed E-state index contributed by atoms with van der Waals surface area (Å²) in [5.41, 5.74) is 3.51. The van der Waals surface area contributed by atoms with E-state index in [1.807, 2.05) is 42.5 Å². The summed E-state index contributed by atoms with van der Waals surface area (Å²) in [7, 11) is 0. The lowest BCUT2D eigenvalue weighted by molar-refractivity contribution is 0.426. The number of nitrogens with zero attached hydrogens (tertiary/aromatic N) is 2. The van der Waals surface area contributed by atoms with E-state index < -0.39 is 5.41 Å². The summed E-state index contributed by atoms with van der Waals surface area (Å²) in [6.07, 6.45) is 14.3. The molecule has 0 heterocycles. The summed E-state index contributed by atoms with van der Waals surface area (Å²) >= 11 is 0. The standard InChI is InChI=1S/C23H18N2/c1-16(17-8-4-2-5-9-17)18-12-13-21-22(18)19-10-6-3-7-11-20(19)23(21,14-24)15-25/h2-13,19,21-22H,1H3/b18-16+/t19-,21-,22-/m1/s1. The fourth-order valence-corrected chi connectivity index (χ4v) is 4.52. The number of fused-ring (bicyclic) bond motifs is 3. The first-order chi connectivity index (χ1) is 12.2. The van der Waals surface area contributed by atoms with Gasteiger partial charge in [-0.2, -0.15) is 10.5 Å². The zero-order valence-corrected chi connectivity index (χ0v) is 14.1. The van der Waals surface area contributed by atoms with Gasteiger partial charge in [-0.15, -0.1) is 0 Å². The third kappa shape index (κ3) is 2.08. The summed E-state index contributed by atoms with van der Waals surface area (Å²) in [6.45, 7) is 2.14. The van der Waals surface area contributed by atoms with Crippen molar-refractivity contribution in [2.24, 2.45) is 23.2 Å². The number of nitriles is 2. The third-order valence-electron chi connectivity index (χ3n) is 5.74. The second-order valence-electron chi connectivity index (χ2n) is 6.81. The van der Waals surface area contributed by atoms with Crippen molar-refractivity contribution in [3.8, 4) is 12.1 Å². The fourth-order valence-electron chi connectivity index (χ4n) is 4.52. The van der Waals surface area contributed by atoms with Gasteiger partial charge in [0.1, 0.15) is 0 Å². The second kappa shape index (κ2) is 5.76. The molecule has 3 atom stereocenters. The Morgan fingerprint density at radius 3 is 2.48 bits per heavy atom. The zero-order chi connectivity index (χ0) is 17.4. The SMILES string of the molecule is C/C(=C1/C=C[C@@H]2[C@H]1[C@@H]1C=CC=CC=C1C2(C#N)C#N)c1ccccc1. The van der Waals surface area contributed by atoms with Gasteiger partial charge < -0.3 is 0 Å². The van der Waals surface area contributed by atoms with Gasteiger partial charge in [0.15, 0.2) is 5.41 Å². The smallest absolute Gasteiger partial charge is 0.172 e. The van der Waals surface area contributed by atoms with E-state index in [0.29, 0.717) is 0 Å². The normalized spacial score (nSPS) is 29.9. The van der Waals surface area contributed by atoms with Crippen LogP contribution in [-0.2, 0) is 0 Å². The largest absolute Gasteiger partial charge is 0.196 e. The average molecular weight is 322 g/mol. The van der Waals surface area contributed by atoms with E-state index in [2.05, 4.69) is 49.4 Å². The van der Waals surface area contributed by atoms with E-state index in [9.17, 15) is 10.5 Å². The summed E-state index contributed by atoms with van der Waals surface area (Å²) in [5.74, 6) is 0.133. The fraction of sp³-hybridized carbons (Fsp3) is 0.217. The Morgan fingerprint density at radius 1 is 1.00 bits per heavy atom. The highest BCUT2D eigenvalue weighted by atomic mass is 14.6. The number of allylic oxidation sites excluding steroid dienone is 10. The minimum atomic E-state index is -1.08. The zero-order valence-electron chi connectivity index (χ0n) is 14.1. The lowest BCUT2D eigenvalue weighted by Gasteiger charge is -2.21. The molecule has 1 saturated carbocycles. The number of rotatable bonds is 1. The van der Waals surface area contributed by atoms with Gasteiger partial charge in [0, 0.05) is 17.8 Å². The van der Waals surface area contributed by atoms with E-state index in [1.165, 1.54) is 16.7 Å². The molecule has 0 saturated heterocycles. The van der Waals surface area contributed by atoms with Crippen LogP contribution in [0, 0.1) is 45.8 Å². The lowest BCUT2D eigenvalue weighted by atomic mass is 9.76. The summed E-state index contributed by atoms with van der Waals surface area (Å²) < 4.78 is 0. The highest BCUT2D eigenvalue weighted by Gasteiger charge is 2.59. The summed E-state index contributed by atoms with van der Waals surface area (Å²) in [5, 5.41) is 19.8. The number of benzene rings is 1. The predicted molar refractivity (Wildman–Crippen MR) is 98.7 cm³/mol. The molecule has 0 aliphatic heterocycles. The van der Waals surface area contributed by atoms with E-state index in [-0.39, 0.29) is 17.8 Å². The van der Waals surface area contributed by atoms with E-state index >= 15 is 0 Å². The van der Waals surface area contributed by atoms with Crippen LogP contribution in [0.15, 0.2) is 84.0 Å².